The van der Waals surface area contributed by atoms with E-state index < -0.39 is 22.6 Å². The molecule has 28 heavy (non-hydrogen) atoms. The van der Waals surface area contributed by atoms with Crippen molar-refractivity contribution in [2.45, 2.75) is 44.6 Å². The molecule has 1 atom stereocenters. The second kappa shape index (κ2) is 7.66. The number of fused-ring (bicyclic) bond motifs is 1. The Hall–Kier alpha value is -2.21. The summed E-state index contributed by atoms with van der Waals surface area (Å²) in [6, 6.07) is 4.19. The number of aromatic carboxylic acids is 1. The van der Waals surface area contributed by atoms with Crippen molar-refractivity contribution in [1.82, 2.24) is 4.98 Å². The number of pyridine rings is 1. The van der Waals surface area contributed by atoms with E-state index in [-0.39, 0.29) is 11.6 Å². The van der Waals surface area contributed by atoms with E-state index in [0.717, 1.165) is 36.8 Å². The third-order valence-corrected chi connectivity index (χ3v) is 6.33. The summed E-state index contributed by atoms with van der Waals surface area (Å²) in [5.41, 5.74) is 2.39. The Morgan fingerprint density at radius 2 is 1.82 bits per heavy atom. The van der Waals surface area contributed by atoms with E-state index in [1.807, 2.05) is 4.90 Å². The standard InChI is InChI=1S/C21H21ClF2N2O2/c22-20-17(23)6-14(7-18(20)24)26-10-13-9-25-19(21(27)28)8-15(13)16(11-26)12-4-2-1-3-5-12/h6-9,12,16H,1-5,10-11H2,(H,27,28). The van der Waals surface area contributed by atoms with Crippen LogP contribution in [0.2, 0.25) is 5.02 Å². The van der Waals surface area contributed by atoms with Crippen LogP contribution in [-0.4, -0.2) is 22.6 Å². The van der Waals surface area contributed by atoms with Gasteiger partial charge in [0.05, 0.1) is 0 Å². The summed E-state index contributed by atoms with van der Waals surface area (Å²) in [5, 5.41) is 8.83. The van der Waals surface area contributed by atoms with E-state index in [9.17, 15) is 18.7 Å². The molecule has 0 amide bonds. The number of carboxylic acids is 1. The zero-order valence-electron chi connectivity index (χ0n) is 15.3. The molecule has 1 aliphatic heterocycles. The summed E-state index contributed by atoms with van der Waals surface area (Å²) >= 11 is 5.63. The number of benzene rings is 1. The lowest BCUT2D eigenvalue weighted by Crippen LogP contribution is -2.37. The zero-order valence-corrected chi connectivity index (χ0v) is 16.1. The maximum Gasteiger partial charge on any atom is 0.354 e. The van der Waals surface area contributed by atoms with Crippen molar-refractivity contribution in [1.29, 1.82) is 0 Å². The van der Waals surface area contributed by atoms with Gasteiger partial charge in [-0.3, -0.25) is 0 Å². The maximum absolute atomic E-state index is 14.0. The van der Waals surface area contributed by atoms with Crippen LogP contribution < -0.4 is 4.90 Å². The van der Waals surface area contributed by atoms with Crippen LogP contribution in [0.15, 0.2) is 24.4 Å². The molecule has 1 aromatic carbocycles. The van der Waals surface area contributed by atoms with Crippen molar-refractivity contribution in [2.75, 3.05) is 11.4 Å². The highest BCUT2D eigenvalue weighted by Gasteiger charge is 2.33. The van der Waals surface area contributed by atoms with Crippen molar-refractivity contribution in [3.8, 4) is 0 Å². The molecule has 7 heteroatoms. The number of hydrogen-bond donors (Lipinski definition) is 1. The Morgan fingerprint density at radius 1 is 1.14 bits per heavy atom. The first-order chi connectivity index (χ1) is 13.4. The van der Waals surface area contributed by atoms with Crippen molar-refractivity contribution < 1.29 is 18.7 Å². The average molecular weight is 407 g/mol. The van der Waals surface area contributed by atoms with Crippen LogP contribution >= 0.6 is 11.6 Å². The van der Waals surface area contributed by atoms with Crippen LogP contribution in [-0.2, 0) is 6.54 Å². The van der Waals surface area contributed by atoms with Crippen LogP contribution in [0.25, 0.3) is 0 Å². The second-order valence-corrected chi connectivity index (χ2v) is 8.06. The predicted octanol–water partition coefficient (Wildman–Crippen LogP) is 5.40. The van der Waals surface area contributed by atoms with Crippen LogP contribution in [0.5, 0.6) is 0 Å². The minimum absolute atomic E-state index is 0.0385. The third kappa shape index (κ3) is 3.58. The Morgan fingerprint density at radius 3 is 2.46 bits per heavy atom. The number of rotatable bonds is 3. The smallest absolute Gasteiger partial charge is 0.354 e. The molecule has 1 saturated carbocycles. The van der Waals surface area contributed by atoms with Gasteiger partial charge in [-0.2, -0.15) is 0 Å². The van der Waals surface area contributed by atoms with E-state index in [1.165, 1.54) is 18.6 Å². The van der Waals surface area contributed by atoms with Crippen LogP contribution in [0.4, 0.5) is 14.5 Å². The Kier molecular flexibility index (Phi) is 5.23. The zero-order chi connectivity index (χ0) is 19.8. The Labute approximate surface area is 167 Å². The largest absolute Gasteiger partial charge is 0.477 e. The first kappa shape index (κ1) is 19.1. The van der Waals surface area contributed by atoms with Gasteiger partial charge in [-0.05, 0) is 48.1 Å². The van der Waals surface area contributed by atoms with Gasteiger partial charge in [0.25, 0.3) is 0 Å². The molecular formula is C21H21ClF2N2O2. The molecule has 1 aromatic heterocycles. The van der Waals surface area contributed by atoms with Gasteiger partial charge >= 0.3 is 5.97 Å². The fraction of sp³-hybridized carbons (Fsp3) is 0.429. The van der Waals surface area contributed by atoms with Crippen molar-refractivity contribution in [2.24, 2.45) is 5.92 Å². The number of carboxylic acid groups (broad SMARTS) is 1. The summed E-state index contributed by atoms with van der Waals surface area (Å²) in [6.45, 7) is 1.01. The quantitative estimate of drug-likeness (QED) is 0.694. The molecule has 4 nitrogen and oxygen atoms in total. The monoisotopic (exact) mass is 406 g/mol. The molecule has 2 aromatic rings. The number of hydrogen-bond acceptors (Lipinski definition) is 3. The van der Waals surface area contributed by atoms with Gasteiger partial charge in [-0.25, -0.2) is 18.6 Å². The molecule has 1 aliphatic carbocycles. The van der Waals surface area contributed by atoms with Crippen molar-refractivity contribution >= 4 is 23.3 Å². The van der Waals surface area contributed by atoms with Gasteiger partial charge in [0.15, 0.2) is 0 Å². The minimum atomic E-state index is -1.05. The molecule has 1 fully saturated rings. The number of halogens is 3. The third-order valence-electron chi connectivity index (χ3n) is 5.97. The van der Waals surface area contributed by atoms with Gasteiger partial charge in [0, 0.05) is 30.9 Å². The highest BCUT2D eigenvalue weighted by Crippen LogP contribution is 2.42. The lowest BCUT2D eigenvalue weighted by Gasteiger charge is -2.41. The van der Waals surface area contributed by atoms with Gasteiger partial charge in [-0.1, -0.05) is 30.9 Å². The maximum atomic E-state index is 14.0. The fourth-order valence-corrected chi connectivity index (χ4v) is 4.67. The van der Waals surface area contributed by atoms with Gasteiger partial charge < -0.3 is 10.0 Å². The Balaban J connectivity index is 1.74. The molecular weight excluding hydrogens is 386 g/mol. The second-order valence-electron chi connectivity index (χ2n) is 7.68. The number of anilines is 1. The summed E-state index contributed by atoms with van der Waals surface area (Å²) in [7, 11) is 0. The van der Waals surface area contributed by atoms with Crippen LogP contribution in [0.1, 0.15) is 59.6 Å². The van der Waals surface area contributed by atoms with E-state index >= 15 is 0 Å². The van der Waals surface area contributed by atoms with Gasteiger partial charge in [0.2, 0.25) is 0 Å². The lowest BCUT2D eigenvalue weighted by molar-refractivity contribution is 0.0690. The first-order valence-corrected chi connectivity index (χ1v) is 9.93. The van der Waals surface area contributed by atoms with E-state index in [1.54, 1.807) is 12.3 Å². The molecule has 0 saturated heterocycles. The lowest BCUT2D eigenvalue weighted by atomic mass is 9.74. The molecule has 1 unspecified atom stereocenters. The Bertz CT molecular complexity index is 892. The topological polar surface area (TPSA) is 53.4 Å². The molecule has 2 aliphatic rings. The summed E-state index contributed by atoms with van der Waals surface area (Å²) in [4.78, 5) is 17.4. The van der Waals surface area contributed by atoms with Crippen molar-refractivity contribution in [3.05, 3.63) is 57.9 Å². The van der Waals surface area contributed by atoms with Crippen molar-refractivity contribution in [3.63, 3.8) is 0 Å². The minimum Gasteiger partial charge on any atom is -0.477 e. The normalized spacial score (nSPS) is 20.1. The van der Waals surface area contributed by atoms with Gasteiger partial charge in [0.1, 0.15) is 22.4 Å². The highest BCUT2D eigenvalue weighted by molar-refractivity contribution is 6.30. The fourth-order valence-electron chi connectivity index (χ4n) is 4.56. The number of carbonyl (C=O) groups is 1. The van der Waals surface area contributed by atoms with Crippen LogP contribution in [0.3, 0.4) is 0 Å². The van der Waals surface area contributed by atoms with E-state index in [2.05, 4.69) is 4.98 Å². The highest BCUT2D eigenvalue weighted by atomic mass is 35.5. The first-order valence-electron chi connectivity index (χ1n) is 9.55. The molecule has 0 spiro atoms. The van der Waals surface area contributed by atoms with E-state index in [0.29, 0.717) is 24.7 Å². The van der Waals surface area contributed by atoms with Gasteiger partial charge in [-0.15, -0.1) is 0 Å². The summed E-state index contributed by atoms with van der Waals surface area (Å²) < 4.78 is 28.0. The molecule has 4 rings (SSSR count). The summed E-state index contributed by atoms with van der Waals surface area (Å²) in [5.74, 6) is -2.09. The molecule has 148 valence electrons. The SMILES string of the molecule is O=C(O)c1cc2c(cn1)CN(c1cc(F)c(Cl)c(F)c1)CC2C1CCCCC1. The average Bonchev–Trinajstić information content (AvgIpc) is 2.71. The molecule has 2 heterocycles. The molecule has 0 bridgehead atoms. The molecule has 1 N–H and O–H groups in total. The predicted molar refractivity (Wildman–Crippen MR) is 103 cm³/mol. The van der Waals surface area contributed by atoms with E-state index in [4.69, 9.17) is 11.6 Å². The van der Waals surface area contributed by atoms with Crippen LogP contribution in [0, 0.1) is 17.6 Å². The number of nitrogens with zero attached hydrogens (tertiary/aromatic N) is 2. The molecule has 0 radical (unpaired) electrons. The number of aromatic nitrogens is 1. The summed E-state index contributed by atoms with van der Waals surface area (Å²) in [6.07, 6.45) is 7.25.